The number of hydrogen-bond acceptors (Lipinski definition) is 4. The number of hydrogen-bond donors (Lipinski definition) is 2. The monoisotopic (exact) mass is 237 g/mol. The molecule has 1 aromatic heterocycles. The van der Waals surface area contributed by atoms with Gasteiger partial charge < -0.3 is 9.64 Å². The Bertz CT molecular complexity index is 341. The van der Waals surface area contributed by atoms with Gasteiger partial charge in [0, 0.05) is 33.1 Å². The first kappa shape index (κ1) is 13.4. The van der Waals surface area contributed by atoms with Crippen LogP contribution >= 0.6 is 0 Å². The van der Waals surface area contributed by atoms with Crippen LogP contribution in [-0.4, -0.2) is 43.2 Å². The zero-order valence-corrected chi connectivity index (χ0v) is 10.3. The molecule has 0 spiro atoms. The van der Waals surface area contributed by atoms with Gasteiger partial charge in [-0.3, -0.25) is 10.4 Å². The van der Waals surface area contributed by atoms with E-state index in [-0.39, 0.29) is 0 Å². The van der Waals surface area contributed by atoms with E-state index < -0.39 is 0 Å². The maximum Gasteiger partial charge on any atom is 0.208 e. The quantitative estimate of drug-likeness (QED) is 0.247. The third kappa shape index (κ3) is 4.80. The van der Waals surface area contributed by atoms with Crippen molar-refractivity contribution >= 4 is 5.96 Å². The molecule has 0 aliphatic rings. The van der Waals surface area contributed by atoms with Crippen LogP contribution in [0.4, 0.5) is 0 Å². The molecule has 0 radical (unpaired) electrons. The highest BCUT2D eigenvalue weighted by Gasteiger charge is 2.05. The summed E-state index contributed by atoms with van der Waals surface area (Å²) in [5.41, 5.74) is 3.68. The molecule has 0 bridgehead atoms. The minimum absolute atomic E-state index is 0.575. The molecule has 0 aliphatic heterocycles. The minimum atomic E-state index is 0.575. The molecule has 0 aliphatic carbocycles. The van der Waals surface area contributed by atoms with Gasteiger partial charge in [0.1, 0.15) is 0 Å². The Morgan fingerprint density at radius 2 is 2.47 bits per heavy atom. The number of pyridine rings is 1. The van der Waals surface area contributed by atoms with Crippen LogP contribution in [0.15, 0.2) is 29.5 Å². The summed E-state index contributed by atoms with van der Waals surface area (Å²) in [6, 6.07) is 3.91. The van der Waals surface area contributed by atoms with Crippen molar-refractivity contribution in [2.75, 3.05) is 27.3 Å². The molecule has 0 fully saturated rings. The number of guanidine groups is 1. The van der Waals surface area contributed by atoms with Gasteiger partial charge in [0.05, 0.1) is 13.2 Å². The predicted octanol–water partition coefficient (Wildman–Crippen LogP) is -0.0209. The second kappa shape index (κ2) is 7.59. The van der Waals surface area contributed by atoms with Gasteiger partial charge in [0.15, 0.2) is 0 Å². The van der Waals surface area contributed by atoms with Crippen LogP contribution < -0.4 is 11.3 Å². The number of hydrazine groups is 1. The molecule has 0 unspecified atom stereocenters. The molecule has 6 heteroatoms. The van der Waals surface area contributed by atoms with Crippen molar-refractivity contribution in [3.05, 3.63) is 30.1 Å². The maximum atomic E-state index is 5.43. The number of nitrogens with one attached hydrogen (secondary N) is 1. The van der Waals surface area contributed by atoms with Gasteiger partial charge >= 0.3 is 0 Å². The van der Waals surface area contributed by atoms with Gasteiger partial charge in [-0.05, 0) is 11.6 Å². The number of ether oxygens (including phenoxy) is 1. The van der Waals surface area contributed by atoms with E-state index in [1.165, 1.54) is 0 Å². The van der Waals surface area contributed by atoms with Crippen molar-refractivity contribution in [3.8, 4) is 0 Å². The lowest BCUT2D eigenvalue weighted by Gasteiger charge is -2.20. The highest BCUT2D eigenvalue weighted by atomic mass is 16.5. The van der Waals surface area contributed by atoms with Crippen molar-refractivity contribution in [1.82, 2.24) is 15.3 Å². The number of nitrogens with zero attached hydrogens (tertiary/aromatic N) is 3. The predicted molar refractivity (Wildman–Crippen MR) is 67.2 cm³/mol. The molecule has 1 heterocycles. The molecular formula is C11H19N5O. The first-order valence-electron chi connectivity index (χ1n) is 5.38. The summed E-state index contributed by atoms with van der Waals surface area (Å²) in [6.45, 7) is 1.85. The highest BCUT2D eigenvalue weighted by Crippen LogP contribution is 2.00. The van der Waals surface area contributed by atoms with Crippen molar-refractivity contribution in [3.63, 3.8) is 0 Å². The third-order valence-corrected chi connectivity index (χ3v) is 2.19. The third-order valence-electron chi connectivity index (χ3n) is 2.19. The van der Waals surface area contributed by atoms with Gasteiger partial charge in [-0.1, -0.05) is 6.07 Å². The molecule has 17 heavy (non-hydrogen) atoms. The van der Waals surface area contributed by atoms with Crippen LogP contribution in [0.25, 0.3) is 0 Å². The molecule has 0 saturated carbocycles. The molecule has 3 N–H and O–H groups in total. The zero-order valence-electron chi connectivity index (χ0n) is 10.3. The lowest BCUT2D eigenvalue weighted by atomic mass is 10.3. The van der Waals surface area contributed by atoms with E-state index in [9.17, 15) is 0 Å². The fourth-order valence-electron chi connectivity index (χ4n) is 1.36. The van der Waals surface area contributed by atoms with Crippen molar-refractivity contribution in [2.24, 2.45) is 10.8 Å². The van der Waals surface area contributed by atoms with Crippen molar-refractivity contribution < 1.29 is 4.74 Å². The Kier molecular flexibility index (Phi) is 5.98. The number of methoxy groups -OCH3 is 1. The van der Waals surface area contributed by atoms with E-state index in [0.29, 0.717) is 25.7 Å². The van der Waals surface area contributed by atoms with E-state index in [4.69, 9.17) is 10.6 Å². The summed E-state index contributed by atoms with van der Waals surface area (Å²) in [6.07, 6.45) is 3.57. The molecule has 0 aromatic carbocycles. The molecule has 94 valence electrons. The molecule has 1 rings (SSSR count). The SMILES string of the molecule is COCCN=C(NN)N(C)Cc1cccnc1. The Morgan fingerprint density at radius 3 is 3.06 bits per heavy atom. The Morgan fingerprint density at radius 1 is 1.65 bits per heavy atom. The second-order valence-electron chi connectivity index (χ2n) is 3.56. The number of aliphatic imine (C=N–C) groups is 1. The standard InChI is InChI=1S/C11H19N5O/c1-16(9-10-4-3-5-13-8-10)11(15-12)14-6-7-17-2/h3-5,8H,6-7,9,12H2,1-2H3,(H,14,15). The van der Waals surface area contributed by atoms with Gasteiger partial charge in [-0.2, -0.15) is 0 Å². The van der Waals surface area contributed by atoms with E-state index in [0.717, 1.165) is 5.56 Å². The van der Waals surface area contributed by atoms with Crippen molar-refractivity contribution in [2.45, 2.75) is 6.54 Å². The largest absolute Gasteiger partial charge is 0.383 e. The average Bonchev–Trinajstić information content (AvgIpc) is 2.36. The van der Waals surface area contributed by atoms with Crippen LogP contribution in [0.5, 0.6) is 0 Å². The van der Waals surface area contributed by atoms with E-state index in [1.54, 1.807) is 13.3 Å². The molecule has 0 atom stereocenters. The molecular weight excluding hydrogens is 218 g/mol. The van der Waals surface area contributed by atoms with Crippen molar-refractivity contribution in [1.29, 1.82) is 0 Å². The molecule has 0 amide bonds. The second-order valence-corrected chi connectivity index (χ2v) is 3.56. The Balaban J connectivity index is 2.54. The Hall–Kier alpha value is -1.66. The average molecular weight is 237 g/mol. The topological polar surface area (TPSA) is 75.8 Å². The minimum Gasteiger partial charge on any atom is -0.383 e. The smallest absolute Gasteiger partial charge is 0.208 e. The van der Waals surface area contributed by atoms with E-state index in [2.05, 4.69) is 15.4 Å². The first-order valence-corrected chi connectivity index (χ1v) is 5.38. The number of rotatable bonds is 5. The summed E-state index contributed by atoms with van der Waals surface area (Å²) >= 11 is 0. The van der Waals surface area contributed by atoms with Gasteiger partial charge in [-0.25, -0.2) is 10.8 Å². The van der Waals surface area contributed by atoms with Gasteiger partial charge in [-0.15, -0.1) is 0 Å². The Labute approximate surface area is 101 Å². The fourth-order valence-corrected chi connectivity index (χ4v) is 1.36. The fraction of sp³-hybridized carbons (Fsp3) is 0.455. The van der Waals surface area contributed by atoms with Crippen LogP contribution in [0.2, 0.25) is 0 Å². The van der Waals surface area contributed by atoms with Crippen LogP contribution in [0.3, 0.4) is 0 Å². The number of aromatic nitrogens is 1. The van der Waals surface area contributed by atoms with Gasteiger partial charge in [0.2, 0.25) is 5.96 Å². The normalized spacial score (nSPS) is 11.4. The summed E-state index contributed by atoms with van der Waals surface area (Å²) in [4.78, 5) is 10.3. The lowest BCUT2D eigenvalue weighted by molar-refractivity contribution is 0.207. The maximum absolute atomic E-state index is 5.43. The summed E-state index contributed by atoms with van der Waals surface area (Å²) in [5, 5.41) is 0. The summed E-state index contributed by atoms with van der Waals surface area (Å²) in [7, 11) is 3.56. The van der Waals surface area contributed by atoms with E-state index >= 15 is 0 Å². The number of nitrogens with two attached hydrogens (primary N) is 1. The van der Waals surface area contributed by atoms with Crippen LogP contribution in [-0.2, 0) is 11.3 Å². The first-order chi connectivity index (χ1) is 8.27. The molecule has 6 nitrogen and oxygen atoms in total. The van der Waals surface area contributed by atoms with Gasteiger partial charge in [0.25, 0.3) is 0 Å². The summed E-state index contributed by atoms with van der Waals surface area (Å²) in [5.74, 6) is 6.06. The molecule has 0 saturated heterocycles. The van der Waals surface area contributed by atoms with Crippen LogP contribution in [0, 0.1) is 0 Å². The zero-order chi connectivity index (χ0) is 12.5. The lowest BCUT2D eigenvalue weighted by Crippen LogP contribution is -2.42. The molecule has 1 aromatic rings. The van der Waals surface area contributed by atoms with E-state index in [1.807, 2.05) is 30.3 Å². The summed E-state index contributed by atoms with van der Waals surface area (Å²) < 4.78 is 4.93. The van der Waals surface area contributed by atoms with Crippen LogP contribution in [0.1, 0.15) is 5.56 Å². The highest BCUT2D eigenvalue weighted by molar-refractivity contribution is 5.79.